The molecule has 0 bridgehead atoms. The summed E-state index contributed by atoms with van der Waals surface area (Å²) in [5, 5.41) is 15.5. The zero-order valence-electron chi connectivity index (χ0n) is 18.5. The molecule has 0 fully saturated rings. The Kier molecular flexibility index (Phi) is 7.15. The maximum atomic E-state index is 12.9. The molecule has 2 aromatic carbocycles. The second-order valence-corrected chi connectivity index (χ2v) is 7.89. The largest absolute Gasteiger partial charge is 0.487 e. The third-order valence-corrected chi connectivity index (χ3v) is 5.59. The lowest BCUT2D eigenvalue weighted by Crippen LogP contribution is -2.26. The van der Waals surface area contributed by atoms with Crippen LogP contribution in [0.2, 0.25) is 5.02 Å². The summed E-state index contributed by atoms with van der Waals surface area (Å²) >= 11 is 6.06. The Morgan fingerprint density at radius 1 is 1.22 bits per heavy atom. The Labute approximate surface area is 191 Å². The SMILES string of the molecule is CCn1nc(C)c(CN(C)C(=O)c2ccc(COc3ccc([N+](=O)[O-])cc3Cl)cc2)c1C. The fourth-order valence-electron chi connectivity index (χ4n) is 3.43. The molecule has 0 radical (unpaired) electrons. The molecule has 3 aromatic rings. The zero-order valence-corrected chi connectivity index (χ0v) is 19.2. The normalized spacial score (nSPS) is 10.8. The molecular formula is C23H25ClN4O4. The number of nitro groups is 1. The van der Waals surface area contributed by atoms with Crippen molar-refractivity contribution in [1.82, 2.24) is 14.7 Å². The van der Waals surface area contributed by atoms with Crippen molar-refractivity contribution in [3.63, 3.8) is 0 Å². The first kappa shape index (κ1) is 23.3. The van der Waals surface area contributed by atoms with Crippen molar-refractivity contribution >= 4 is 23.2 Å². The summed E-state index contributed by atoms with van der Waals surface area (Å²) in [4.78, 5) is 24.8. The van der Waals surface area contributed by atoms with E-state index in [1.165, 1.54) is 18.2 Å². The summed E-state index contributed by atoms with van der Waals surface area (Å²) < 4.78 is 7.60. The molecule has 0 aliphatic heterocycles. The van der Waals surface area contributed by atoms with E-state index >= 15 is 0 Å². The number of benzene rings is 2. The number of halogens is 1. The van der Waals surface area contributed by atoms with Crippen LogP contribution in [0.25, 0.3) is 0 Å². The molecule has 32 heavy (non-hydrogen) atoms. The minimum Gasteiger partial charge on any atom is -0.487 e. The summed E-state index contributed by atoms with van der Waals surface area (Å²) in [5.74, 6) is 0.273. The molecule has 0 N–H and O–H groups in total. The average molecular weight is 457 g/mol. The Hall–Kier alpha value is -3.39. The van der Waals surface area contributed by atoms with Gasteiger partial charge in [-0.2, -0.15) is 5.10 Å². The topological polar surface area (TPSA) is 90.5 Å². The molecule has 0 aliphatic rings. The summed E-state index contributed by atoms with van der Waals surface area (Å²) in [7, 11) is 1.78. The van der Waals surface area contributed by atoms with E-state index in [4.69, 9.17) is 16.3 Å². The van der Waals surface area contributed by atoms with E-state index in [1.54, 1.807) is 24.1 Å². The van der Waals surface area contributed by atoms with Gasteiger partial charge in [0.2, 0.25) is 0 Å². The molecule has 0 atom stereocenters. The quantitative estimate of drug-likeness (QED) is 0.354. The molecule has 0 unspecified atom stereocenters. The molecule has 168 valence electrons. The molecule has 1 amide bonds. The number of amides is 1. The van der Waals surface area contributed by atoms with Crippen LogP contribution in [0.1, 0.15) is 39.8 Å². The number of aryl methyl sites for hydroxylation is 2. The highest BCUT2D eigenvalue weighted by molar-refractivity contribution is 6.32. The number of non-ortho nitro benzene ring substituents is 1. The van der Waals surface area contributed by atoms with Crippen LogP contribution in [0, 0.1) is 24.0 Å². The summed E-state index contributed by atoms with van der Waals surface area (Å²) in [6.45, 7) is 7.51. The molecule has 0 spiro atoms. The maximum absolute atomic E-state index is 12.9. The van der Waals surface area contributed by atoms with Gasteiger partial charge in [-0.25, -0.2) is 0 Å². The average Bonchev–Trinajstić information content (AvgIpc) is 3.05. The van der Waals surface area contributed by atoms with E-state index in [0.717, 1.165) is 29.1 Å². The van der Waals surface area contributed by atoms with Gasteiger partial charge in [-0.05, 0) is 44.5 Å². The van der Waals surface area contributed by atoms with Gasteiger partial charge in [0.15, 0.2) is 0 Å². The number of aromatic nitrogens is 2. The predicted molar refractivity (Wildman–Crippen MR) is 122 cm³/mol. The van der Waals surface area contributed by atoms with Crippen LogP contribution in [0.3, 0.4) is 0 Å². The Bertz CT molecular complexity index is 1140. The molecule has 1 heterocycles. The lowest BCUT2D eigenvalue weighted by atomic mass is 10.1. The molecule has 0 aliphatic carbocycles. The van der Waals surface area contributed by atoms with E-state index in [0.29, 0.717) is 17.9 Å². The number of nitrogens with zero attached hydrogens (tertiary/aromatic N) is 4. The van der Waals surface area contributed by atoms with Crippen LogP contribution >= 0.6 is 11.6 Å². The third-order valence-electron chi connectivity index (χ3n) is 5.29. The Morgan fingerprint density at radius 2 is 1.91 bits per heavy atom. The van der Waals surface area contributed by atoms with Crippen LogP contribution in [0.5, 0.6) is 5.75 Å². The molecule has 0 saturated heterocycles. The van der Waals surface area contributed by atoms with Gasteiger partial charge in [-0.15, -0.1) is 0 Å². The number of hydrogen-bond acceptors (Lipinski definition) is 5. The predicted octanol–water partition coefficient (Wildman–Crippen LogP) is 4.93. The van der Waals surface area contributed by atoms with Crippen LogP contribution in [-0.4, -0.2) is 32.6 Å². The molecule has 0 saturated carbocycles. The highest BCUT2D eigenvalue weighted by atomic mass is 35.5. The van der Waals surface area contributed by atoms with Gasteiger partial charge in [0.1, 0.15) is 12.4 Å². The Morgan fingerprint density at radius 3 is 2.47 bits per heavy atom. The van der Waals surface area contributed by atoms with Crippen LogP contribution in [-0.2, 0) is 19.7 Å². The lowest BCUT2D eigenvalue weighted by molar-refractivity contribution is -0.384. The fraction of sp³-hybridized carbons (Fsp3) is 0.304. The van der Waals surface area contributed by atoms with Crippen molar-refractivity contribution in [2.75, 3.05) is 7.05 Å². The van der Waals surface area contributed by atoms with E-state index in [9.17, 15) is 14.9 Å². The van der Waals surface area contributed by atoms with Crippen LogP contribution in [0.15, 0.2) is 42.5 Å². The van der Waals surface area contributed by atoms with E-state index in [1.807, 2.05) is 37.6 Å². The van der Waals surface area contributed by atoms with Gasteiger partial charge in [-0.1, -0.05) is 23.7 Å². The summed E-state index contributed by atoms with van der Waals surface area (Å²) in [6.07, 6.45) is 0. The second kappa shape index (κ2) is 9.82. The first-order valence-electron chi connectivity index (χ1n) is 10.1. The Balaban J connectivity index is 1.63. The standard InChI is InChI=1S/C23H25ClN4O4/c1-5-27-16(3)20(15(2)25-27)13-26(4)23(29)18-8-6-17(7-9-18)14-32-22-11-10-19(28(30)31)12-21(22)24/h6-12H,5,13-14H2,1-4H3. The number of carbonyl (C=O) groups excluding carboxylic acids is 1. The highest BCUT2D eigenvalue weighted by Gasteiger charge is 2.17. The minimum absolute atomic E-state index is 0.0843. The van der Waals surface area contributed by atoms with Gasteiger partial charge in [-0.3, -0.25) is 19.6 Å². The summed E-state index contributed by atoms with van der Waals surface area (Å²) in [6, 6.07) is 11.2. The molecular weight excluding hydrogens is 432 g/mol. The summed E-state index contributed by atoms with van der Waals surface area (Å²) in [5.41, 5.74) is 4.38. The number of nitro benzene ring substituents is 1. The molecule has 3 rings (SSSR count). The van der Waals surface area contributed by atoms with Gasteiger partial charge in [0, 0.05) is 49.1 Å². The van der Waals surface area contributed by atoms with Crippen molar-refractivity contribution in [3.05, 3.63) is 85.7 Å². The lowest BCUT2D eigenvalue weighted by Gasteiger charge is -2.18. The fourth-order valence-corrected chi connectivity index (χ4v) is 3.65. The number of hydrogen-bond donors (Lipinski definition) is 0. The second-order valence-electron chi connectivity index (χ2n) is 7.48. The highest BCUT2D eigenvalue weighted by Crippen LogP contribution is 2.29. The first-order valence-corrected chi connectivity index (χ1v) is 10.5. The van der Waals surface area contributed by atoms with Crippen LogP contribution < -0.4 is 4.74 Å². The van der Waals surface area contributed by atoms with Gasteiger partial charge >= 0.3 is 0 Å². The molecule has 1 aromatic heterocycles. The van der Waals surface area contributed by atoms with E-state index < -0.39 is 4.92 Å². The van der Waals surface area contributed by atoms with Gasteiger partial charge < -0.3 is 9.64 Å². The van der Waals surface area contributed by atoms with Gasteiger partial charge in [0.25, 0.3) is 11.6 Å². The van der Waals surface area contributed by atoms with Crippen molar-refractivity contribution in [2.45, 2.75) is 40.5 Å². The first-order chi connectivity index (χ1) is 15.2. The minimum atomic E-state index is -0.513. The number of carbonyl (C=O) groups is 1. The monoisotopic (exact) mass is 456 g/mol. The van der Waals surface area contributed by atoms with E-state index in [-0.39, 0.29) is 23.2 Å². The third kappa shape index (κ3) is 5.08. The van der Waals surface area contributed by atoms with Crippen molar-refractivity contribution in [1.29, 1.82) is 0 Å². The van der Waals surface area contributed by atoms with Crippen molar-refractivity contribution in [3.8, 4) is 5.75 Å². The molecule has 9 heteroatoms. The number of ether oxygens (including phenoxy) is 1. The number of rotatable bonds is 8. The van der Waals surface area contributed by atoms with E-state index in [2.05, 4.69) is 5.10 Å². The van der Waals surface area contributed by atoms with Crippen LogP contribution in [0.4, 0.5) is 5.69 Å². The zero-order chi connectivity index (χ0) is 23.4. The maximum Gasteiger partial charge on any atom is 0.271 e. The smallest absolute Gasteiger partial charge is 0.271 e. The molecule has 8 nitrogen and oxygen atoms in total. The van der Waals surface area contributed by atoms with Crippen molar-refractivity contribution < 1.29 is 14.5 Å². The van der Waals surface area contributed by atoms with Gasteiger partial charge in [0.05, 0.1) is 15.6 Å². The van der Waals surface area contributed by atoms with Crippen molar-refractivity contribution in [2.24, 2.45) is 0 Å².